The highest BCUT2D eigenvalue weighted by molar-refractivity contribution is 9.10. The van der Waals surface area contributed by atoms with E-state index >= 15 is 0 Å². The molecule has 0 saturated heterocycles. The van der Waals surface area contributed by atoms with Gasteiger partial charge in [0.05, 0.1) is 17.7 Å². The predicted molar refractivity (Wildman–Crippen MR) is 75.8 cm³/mol. The minimum absolute atomic E-state index is 0.0646. The molecule has 0 saturated carbocycles. The maximum absolute atomic E-state index is 10.8. The lowest BCUT2D eigenvalue weighted by Crippen LogP contribution is -1.95. The Kier molecular flexibility index (Phi) is 3.11. The van der Waals surface area contributed by atoms with E-state index in [1.165, 1.54) is 6.07 Å². The second-order valence-corrected chi connectivity index (χ2v) is 4.96. The van der Waals surface area contributed by atoms with Gasteiger partial charge in [0.15, 0.2) is 0 Å². The fourth-order valence-corrected chi connectivity index (χ4v) is 2.44. The Morgan fingerprint density at radius 1 is 1.35 bits per heavy atom. The molecule has 0 fully saturated rings. The van der Waals surface area contributed by atoms with Crippen molar-refractivity contribution in [1.29, 1.82) is 0 Å². The molecule has 0 spiro atoms. The first kappa shape index (κ1) is 12.6. The van der Waals surface area contributed by atoms with Crippen LogP contribution >= 0.6 is 15.9 Å². The van der Waals surface area contributed by atoms with Gasteiger partial charge < -0.3 is 9.67 Å². The summed E-state index contributed by atoms with van der Waals surface area (Å²) in [5.74, 6) is -1.03. The summed E-state index contributed by atoms with van der Waals surface area (Å²) < 4.78 is 2.74. The van der Waals surface area contributed by atoms with Gasteiger partial charge in [-0.25, -0.2) is 9.78 Å². The van der Waals surface area contributed by atoms with Crippen molar-refractivity contribution in [3.8, 4) is 16.9 Å². The van der Waals surface area contributed by atoms with Crippen molar-refractivity contribution >= 4 is 21.9 Å². The largest absolute Gasteiger partial charge is 0.477 e. The minimum atomic E-state index is -1.03. The lowest BCUT2D eigenvalue weighted by molar-refractivity contribution is 0.0690. The lowest BCUT2D eigenvalue weighted by atomic mass is 10.1. The Morgan fingerprint density at radius 3 is 2.80 bits per heavy atom. The molecule has 20 heavy (non-hydrogen) atoms. The van der Waals surface area contributed by atoms with Gasteiger partial charge in [0.1, 0.15) is 5.69 Å². The van der Waals surface area contributed by atoms with Crippen molar-refractivity contribution in [3.63, 3.8) is 0 Å². The molecule has 0 aliphatic heterocycles. The van der Waals surface area contributed by atoms with Crippen LogP contribution in [0.4, 0.5) is 0 Å². The maximum atomic E-state index is 10.8. The second-order valence-electron chi connectivity index (χ2n) is 4.11. The van der Waals surface area contributed by atoms with Gasteiger partial charge in [-0.15, -0.1) is 0 Å². The molecule has 0 radical (unpaired) electrons. The molecule has 2 heterocycles. The number of nitrogens with zero attached hydrogens (tertiary/aromatic N) is 3. The van der Waals surface area contributed by atoms with E-state index in [0.717, 1.165) is 15.7 Å². The van der Waals surface area contributed by atoms with Crippen molar-refractivity contribution < 1.29 is 9.90 Å². The third kappa shape index (κ3) is 2.23. The van der Waals surface area contributed by atoms with Gasteiger partial charge in [0.2, 0.25) is 0 Å². The average Bonchev–Trinajstić information content (AvgIpc) is 3.10. The smallest absolute Gasteiger partial charge is 0.353 e. The monoisotopic (exact) mass is 332 g/mol. The van der Waals surface area contributed by atoms with E-state index < -0.39 is 5.97 Å². The standard InChI is InChI=1S/C13H9BrN4O2/c14-9-5-8(10-6-11(13(19)20)17-16-10)1-2-12(9)18-4-3-15-7-18/h1-7H,(H,16,17)(H,19,20). The number of rotatable bonds is 3. The molecule has 0 atom stereocenters. The summed E-state index contributed by atoms with van der Waals surface area (Å²) in [6, 6.07) is 7.18. The molecule has 0 aliphatic rings. The molecule has 0 aliphatic carbocycles. The molecule has 7 heteroatoms. The van der Waals surface area contributed by atoms with Crippen molar-refractivity contribution in [1.82, 2.24) is 19.7 Å². The first-order valence-electron chi connectivity index (χ1n) is 5.72. The van der Waals surface area contributed by atoms with Gasteiger partial charge in [-0.1, -0.05) is 6.07 Å². The topological polar surface area (TPSA) is 83.8 Å². The van der Waals surface area contributed by atoms with E-state index in [9.17, 15) is 4.79 Å². The SMILES string of the molecule is O=C(O)c1cc(-c2ccc(-n3ccnc3)c(Br)c2)n[nH]1. The molecule has 3 rings (SSSR count). The van der Waals surface area contributed by atoms with E-state index in [-0.39, 0.29) is 5.69 Å². The average molecular weight is 333 g/mol. The molecule has 0 unspecified atom stereocenters. The van der Waals surface area contributed by atoms with Crippen LogP contribution in [0.1, 0.15) is 10.5 Å². The van der Waals surface area contributed by atoms with Crippen LogP contribution in [-0.2, 0) is 0 Å². The zero-order chi connectivity index (χ0) is 14.1. The first-order valence-corrected chi connectivity index (χ1v) is 6.51. The Balaban J connectivity index is 1.99. The molecule has 2 aromatic heterocycles. The molecule has 100 valence electrons. The molecule has 1 aromatic carbocycles. The van der Waals surface area contributed by atoms with Gasteiger partial charge in [-0.2, -0.15) is 5.10 Å². The van der Waals surface area contributed by atoms with Crippen molar-refractivity contribution in [2.24, 2.45) is 0 Å². The van der Waals surface area contributed by atoms with Crippen LogP contribution in [0.15, 0.2) is 47.5 Å². The van der Waals surface area contributed by atoms with Crippen LogP contribution in [0.25, 0.3) is 16.9 Å². The number of hydrogen-bond acceptors (Lipinski definition) is 3. The molecule has 0 amide bonds. The fourth-order valence-electron chi connectivity index (χ4n) is 1.86. The summed E-state index contributed by atoms with van der Waals surface area (Å²) in [7, 11) is 0. The van der Waals surface area contributed by atoms with Crippen LogP contribution < -0.4 is 0 Å². The van der Waals surface area contributed by atoms with E-state index in [1.54, 1.807) is 12.5 Å². The molecule has 0 bridgehead atoms. The summed E-state index contributed by atoms with van der Waals surface area (Å²) in [5, 5.41) is 15.4. The minimum Gasteiger partial charge on any atom is -0.477 e. The first-order chi connectivity index (χ1) is 9.65. The lowest BCUT2D eigenvalue weighted by Gasteiger charge is -2.06. The highest BCUT2D eigenvalue weighted by atomic mass is 79.9. The number of hydrogen-bond donors (Lipinski definition) is 2. The third-order valence-corrected chi connectivity index (χ3v) is 3.47. The van der Waals surface area contributed by atoms with Crippen LogP contribution in [0.2, 0.25) is 0 Å². The fraction of sp³-hybridized carbons (Fsp3) is 0. The number of nitrogens with one attached hydrogen (secondary N) is 1. The normalized spacial score (nSPS) is 10.7. The van der Waals surface area contributed by atoms with Gasteiger partial charge in [0, 0.05) is 22.4 Å². The van der Waals surface area contributed by atoms with Crippen molar-refractivity contribution in [3.05, 3.63) is 53.2 Å². The van der Waals surface area contributed by atoms with E-state index in [4.69, 9.17) is 5.11 Å². The second kappa shape index (κ2) is 4.93. The molecular formula is C13H9BrN4O2. The third-order valence-electron chi connectivity index (χ3n) is 2.83. The Labute approximate surface area is 122 Å². The quantitative estimate of drug-likeness (QED) is 0.772. The summed E-state index contributed by atoms with van der Waals surface area (Å²) in [6.45, 7) is 0. The summed E-state index contributed by atoms with van der Waals surface area (Å²) in [5.41, 5.74) is 2.42. The number of halogens is 1. The van der Waals surface area contributed by atoms with Gasteiger partial charge in [0.25, 0.3) is 0 Å². The van der Waals surface area contributed by atoms with Crippen LogP contribution in [-0.4, -0.2) is 30.8 Å². The van der Waals surface area contributed by atoms with E-state index in [2.05, 4.69) is 31.1 Å². The van der Waals surface area contributed by atoms with Gasteiger partial charge in [-0.05, 0) is 34.1 Å². The summed E-state index contributed by atoms with van der Waals surface area (Å²) >= 11 is 3.50. The number of carboxylic acids is 1. The van der Waals surface area contributed by atoms with E-state index in [0.29, 0.717) is 5.69 Å². The number of carbonyl (C=O) groups is 1. The van der Waals surface area contributed by atoms with Crippen LogP contribution in [0.3, 0.4) is 0 Å². The Bertz CT molecular complexity index is 765. The molecule has 2 N–H and O–H groups in total. The molecule has 3 aromatic rings. The Morgan fingerprint density at radius 2 is 2.20 bits per heavy atom. The number of aromatic carboxylic acids is 1. The predicted octanol–water partition coefficient (Wildman–Crippen LogP) is 2.72. The van der Waals surface area contributed by atoms with Gasteiger partial charge >= 0.3 is 5.97 Å². The molecule has 6 nitrogen and oxygen atoms in total. The zero-order valence-electron chi connectivity index (χ0n) is 10.1. The molecular weight excluding hydrogens is 324 g/mol. The summed E-state index contributed by atoms with van der Waals surface area (Å²) in [4.78, 5) is 14.8. The Hall–Kier alpha value is -2.41. The number of aromatic nitrogens is 4. The zero-order valence-corrected chi connectivity index (χ0v) is 11.7. The van der Waals surface area contributed by atoms with Gasteiger partial charge in [-0.3, -0.25) is 5.10 Å². The van der Waals surface area contributed by atoms with Crippen molar-refractivity contribution in [2.45, 2.75) is 0 Å². The summed E-state index contributed by atoms with van der Waals surface area (Å²) in [6.07, 6.45) is 5.25. The van der Waals surface area contributed by atoms with Crippen LogP contribution in [0.5, 0.6) is 0 Å². The number of imidazole rings is 1. The maximum Gasteiger partial charge on any atom is 0.353 e. The van der Waals surface area contributed by atoms with Crippen molar-refractivity contribution in [2.75, 3.05) is 0 Å². The van der Waals surface area contributed by atoms with Crippen LogP contribution in [0, 0.1) is 0 Å². The highest BCUT2D eigenvalue weighted by Crippen LogP contribution is 2.27. The number of aromatic amines is 1. The number of benzene rings is 1. The van der Waals surface area contributed by atoms with E-state index in [1.807, 2.05) is 29.0 Å². The number of carboxylic acid groups (broad SMARTS) is 1. The highest BCUT2D eigenvalue weighted by Gasteiger charge is 2.11. The number of H-pyrrole nitrogens is 1.